The third-order valence-corrected chi connectivity index (χ3v) is 4.29. The third kappa shape index (κ3) is 2.42. The van der Waals surface area contributed by atoms with Crippen LogP contribution in [-0.4, -0.2) is 41.1 Å². The quantitative estimate of drug-likeness (QED) is 0.858. The molecule has 1 aliphatic heterocycles. The molecule has 1 aliphatic rings. The number of aliphatic carboxylic acids is 1. The van der Waals surface area contributed by atoms with Crippen LogP contribution in [0.4, 0.5) is 5.13 Å². The molecule has 1 unspecified atom stereocenters. The van der Waals surface area contributed by atoms with Crippen molar-refractivity contribution in [1.29, 1.82) is 0 Å². The second kappa shape index (κ2) is 4.80. The van der Waals surface area contributed by atoms with Crippen LogP contribution in [0.2, 0.25) is 0 Å². The number of amides is 1. The van der Waals surface area contributed by atoms with Gasteiger partial charge in [-0.1, -0.05) is 0 Å². The summed E-state index contributed by atoms with van der Waals surface area (Å²) >= 11 is 1.38. The van der Waals surface area contributed by atoms with Crippen molar-refractivity contribution in [3.63, 3.8) is 0 Å². The van der Waals surface area contributed by atoms with Crippen molar-refractivity contribution >= 4 is 28.3 Å². The number of anilines is 1. The molecule has 2 rings (SSSR count). The monoisotopic (exact) mass is 283 g/mol. The molecule has 0 aromatic carbocycles. The van der Waals surface area contributed by atoms with Gasteiger partial charge in [-0.15, -0.1) is 11.3 Å². The van der Waals surface area contributed by atoms with E-state index in [0.717, 1.165) is 0 Å². The molecule has 0 saturated carbocycles. The van der Waals surface area contributed by atoms with Gasteiger partial charge >= 0.3 is 5.97 Å². The number of carboxylic acids is 1. The molecule has 1 amide bonds. The summed E-state index contributed by atoms with van der Waals surface area (Å²) in [6, 6.07) is -0.277. The maximum absolute atomic E-state index is 11.6. The first-order valence-electron chi connectivity index (χ1n) is 6.08. The highest BCUT2D eigenvalue weighted by atomic mass is 32.1. The zero-order chi connectivity index (χ0) is 14.2. The molecule has 1 aromatic rings. The van der Waals surface area contributed by atoms with E-state index < -0.39 is 11.4 Å². The minimum Gasteiger partial charge on any atom is -0.481 e. The zero-order valence-electron chi connectivity index (χ0n) is 11.1. The van der Waals surface area contributed by atoms with Crippen LogP contribution in [0.5, 0.6) is 0 Å². The Hall–Kier alpha value is -1.63. The lowest BCUT2D eigenvalue weighted by Gasteiger charge is -2.32. The number of nitrogens with one attached hydrogen (secondary N) is 1. The molecule has 104 valence electrons. The number of hydrogen-bond acceptors (Lipinski definition) is 5. The number of carboxylic acid groups (broad SMARTS) is 1. The lowest BCUT2D eigenvalue weighted by Crippen LogP contribution is -2.54. The topological polar surface area (TPSA) is 82.5 Å². The Morgan fingerprint density at radius 3 is 2.95 bits per heavy atom. The molecule has 0 spiro atoms. The smallest absolute Gasteiger partial charge is 0.315 e. The first-order chi connectivity index (χ1) is 8.84. The van der Waals surface area contributed by atoms with Crippen LogP contribution in [0.15, 0.2) is 5.38 Å². The van der Waals surface area contributed by atoms with Gasteiger partial charge in [-0.25, -0.2) is 4.98 Å². The number of carbonyl (C=O) groups excluding carboxylic acids is 1. The van der Waals surface area contributed by atoms with Crippen LogP contribution in [0.1, 0.15) is 26.5 Å². The molecule has 0 aliphatic carbocycles. The fraction of sp³-hybridized carbons (Fsp3) is 0.583. The predicted molar refractivity (Wildman–Crippen MR) is 72.6 cm³/mol. The summed E-state index contributed by atoms with van der Waals surface area (Å²) in [5, 5.41) is 14.4. The van der Waals surface area contributed by atoms with Gasteiger partial charge in [0.1, 0.15) is 11.5 Å². The van der Waals surface area contributed by atoms with Gasteiger partial charge < -0.3 is 15.3 Å². The Bertz CT molecular complexity index is 512. The van der Waals surface area contributed by atoms with E-state index in [1.807, 2.05) is 11.8 Å². The van der Waals surface area contributed by atoms with Gasteiger partial charge in [0.05, 0.1) is 5.69 Å². The molecular formula is C12H17N3O3S. The molecule has 19 heavy (non-hydrogen) atoms. The van der Waals surface area contributed by atoms with E-state index in [-0.39, 0.29) is 11.9 Å². The predicted octanol–water partition coefficient (Wildman–Crippen LogP) is 0.830. The minimum absolute atomic E-state index is 0.0273. The fourth-order valence-electron chi connectivity index (χ4n) is 1.84. The molecule has 1 aromatic heterocycles. The molecule has 1 saturated heterocycles. The van der Waals surface area contributed by atoms with Crippen LogP contribution in [0.25, 0.3) is 0 Å². The van der Waals surface area contributed by atoms with Gasteiger partial charge in [0, 0.05) is 18.5 Å². The van der Waals surface area contributed by atoms with Crippen molar-refractivity contribution in [1.82, 2.24) is 10.3 Å². The van der Waals surface area contributed by atoms with E-state index >= 15 is 0 Å². The summed E-state index contributed by atoms with van der Waals surface area (Å²) in [6.07, 6.45) is 0. The molecule has 7 heteroatoms. The maximum atomic E-state index is 11.6. The molecular weight excluding hydrogens is 266 g/mol. The Balaban J connectivity index is 2.26. The molecule has 2 N–H and O–H groups in total. The van der Waals surface area contributed by atoms with Crippen LogP contribution >= 0.6 is 11.3 Å². The van der Waals surface area contributed by atoms with E-state index in [1.165, 1.54) is 11.3 Å². The van der Waals surface area contributed by atoms with Gasteiger partial charge in [-0.2, -0.15) is 0 Å². The number of hydrogen-bond donors (Lipinski definition) is 2. The summed E-state index contributed by atoms with van der Waals surface area (Å²) in [5.41, 5.74) is -0.492. The van der Waals surface area contributed by atoms with Crippen LogP contribution in [-0.2, 0) is 15.0 Å². The first-order valence-corrected chi connectivity index (χ1v) is 6.95. The van der Waals surface area contributed by atoms with Crippen LogP contribution in [0.3, 0.4) is 0 Å². The van der Waals surface area contributed by atoms with Gasteiger partial charge in [0.15, 0.2) is 5.13 Å². The van der Waals surface area contributed by atoms with Crippen molar-refractivity contribution in [2.24, 2.45) is 0 Å². The number of nitrogens with zero attached hydrogens (tertiary/aromatic N) is 2. The van der Waals surface area contributed by atoms with Gasteiger partial charge in [0.2, 0.25) is 5.91 Å². The highest BCUT2D eigenvalue weighted by Gasteiger charge is 2.34. The van der Waals surface area contributed by atoms with Gasteiger partial charge in [-0.05, 0) is 20.8 Å². The van der Waals surface area contributed by atoms with E-state index in [9.17, 15) is 14.7 Å². The number of aromatic nitrogens is 1. The van der Waals surface area contributed by atoms with Crippen LogP contribution < -0.4 is 10.2 Å². The van der Waals surface area contributed by atoms with Crippen molar-refractivity contribution in [3.05, 3.63) is 11.1 Å². The molecule has 1 fully saturated rings. The molecule has 0 bridgehead atoms. The highest BCUT2D eigenvalue weighted by molar-refractivity contribution is 7.13. The largest absolute Gasteiger partial charge is 0.481 e. The number of piperazine rings is 1. The summed E-state index contributed by atoms with van der Waals surface area (Å²) in [6.45, 7) is 6.34. The zero-order valence-corrected chi connectivity index (χ0v) is 12.0. The van der Waals surface area contributed by atoms with E-state index in [2.05, 4.69) is 10.3 Å². The summed E-state index contributed by atoms with van der Waals surface area (Å²) in [7, 11) is 0. The molecule has 1 atom stereocenters. The Labute approximate surface area is 115 Å². The van der Waals surface area contributed by atoms with Crippen LogP contribution in [0, 0.1) is 0 Å². The first kappa shape index (κ1) is 13.8. The average Bonchev–Trinajstić information content (AvgIpc) is 2.82. The van der Waals surface area contributed by atoms with E-state index in [1.54, 1.807) is 19.2 Å². The number of thiazole rings is 1. The standard InChI is InChI=1S/C12H17N3O3S/c1-7-9(16)13-4-5-15(7)11-14-8(6-19-11)12(2,3)10(17)18/h6-7H,4-5H2,1-3H3,(H,13,16)(H,17,18). The SMILES string of the molecule is CC1C(=O)NCCN1c1nc(C(C)(C)C(=O)O)cs1. The third-order valence-electron chi connectivity index (χ3n) is 3.41. The average molecular weight is 283 g/mol. The lowest BCUT2D eigenvalue weighted by atomic mass is 9.90. The lowest BCUT2D eigenvalue weighted by molar-refractivity contribution is -0.142. The van der Waals surface area contributed by atoms with Crippen molar-refractivity contribution in [2.75, 3.05) is 18.0 Å². The Morgan fingerprint density at radius 1 is 1.63 bits per heavy atom. The molecule has 2 heterocycles. The second-order valence-electron chi connectivity index (χ2n) is 5.11. The summed E-state index contributed by atoms with van der Waals surface area (Å²) in [5.74, 6) is -0.936. The van der Waals surface area contributed by atoms with Gasteiger partial charge in [-0.3, -0.25) is 9.59 Å². The molecule has 0 radical (unpaired) electrons. The van der Waals surface area contributed by atoms with Crippen molar-refractivity contribution in [3.8, 4) is 0 Å². The second-order valence-corrected chi connectivity index (χ2v) is 5.94. The van der Waals surface area contributed by atoms with Crippen molar-refractivity contribution in [2.45, 2.75) is 32.2 Å². The van der Waals surface area contributed by atoms with Gasteiger partial charge in [0.25, 0.3) is 0 Å². The Kier molecular flexibility index (Phi) is 3.49. The minimum atomic E-state index is -1.02. The number of rotatable bonds is 3. The van der Waals surface area contributed by atoms with Crippen molar-refractivity contribution < 1.29 is 14.7 Å². The normalized spacial score (nSPS) is 20.3. The highest BCUT2D eigenvalue weighted by Crippen LogP contribution is 2.30. The molecule has 6 nitrogen and oxygen atoms in total. The van der Waals surface area contributed by atoms with E-state index in [4.69, 9.17) is 0 Å². The Morgan fingerprint density at radius 2 is 2.32 bits per heavy atom. The summed E-state index contributed by atoms with van der Waals surface area (Å²) < 4.78 is 0. The maximum Gasteiger partial charge on any atom is 0.315 e. The van der Waals surface area contributed by atoms with E-state index in [0.29, 0.717) is 23.9 Å². The fourth-order valence-corrected chi connectivity index (χ4v) is 2.94. The number of carbonyl (C=O) groups is 2. The summed E-state index contributed by atoms with van der Waals surface area (Å²) in [4.78, 5) is 29.1.